The molecule has 0 aliphatic rings. The minimum absolute atomic E-state index is 0.506. The van der Waals surface area contributed by atoms with Gasteiger partial charge in [-0.15, -0.1) is 5.10 Å². The molecule has 0 saturated heterocycles. The van der Waals surface area contributed by atoms with Crippen molar-refractivity contribution in [3.05, 3.63) is 30.7 Å². The molecule has 0 aromatic carbocycles. The summed E-state index contributed by atoms with van der Waals surface area (Å²) in [5.74, 6) is 0.0712. The molecular formula is C6H5FN4. The third-order valence-electron chi connectivity index (χ3n) is 1.28. The molecule has 56 valence electrons. The molecule has 0 amide bonds. The summed E-state index contributed by atoms with van der Waals surface area (Å²) in [6, 6.07) is 1.27. The van der Waals surface area contributed by atoms with Gasteiger partial charge in [-0.25, -0.2) is 9.67 Å². The van der Waals surface area contributed by atoms with E-state index in [1.165, 1.54) is 23.3 Å². The van der Waals surface area contributed by atoms with Gasteiger partial charge in [0.25, 0.3) is 0 Å². The van der Waals surface area contributed by atoms with Gasteiger partial charge in [-0.3, -0.25) is 0 Å². The van der Waals surface area contributed by atoms with Crippen molar-refractivity contribution in [2.24, 2.45) is 0 Å². The maximum Gasteiger partial charge on any atom is 0.233 e. The van der Waals surface area contributed by atoms with Crippen LogP contribution in [-0.2, 0) is 0 Å². The van der Waals surface area contributed by atoms with Gasteiger partial charge in [0.1, 0.15) is 0 Å². The Balaban J connectivity index is 2.45. The van der Waals surface area contributed by atoms with Gasteiger partial charge >= 0.3 is 0 Å². The minimum atomic E-state index is -0.506. The highest BCUT2D eigenvalue weighted by Gasteiger charge is 1.99. The topological polar surface area (TPSA) is 46.5 Å². The van der Waals surface area contributed by atoms with Crippen LogP contribution in [0.2, 0.25) is 0 Å². The van der Waals surface area contributed by atoms with Gasteiger partial charge in [0, 0.05) is 18.5 Å². The van der Waals surface area contributed by atoms with Crippen LogP contribution >= 0.6 is 0 Å². The lowest BCUT2D eigenvalue weighted by atomic mass is 10.7. The van der Waals surface area contributed by atoms with E-state index in [0.717, 1.165) is 0 Å². The predicted molar refractivity (Wildman–Crippen MR) is 35.7 cm³/mol. The Hall–Kier alpha value is -1.65. The van der Waals surface area contributed by atoms with Gasteiger partial charge in [-0.2, -0.15) is 4.39 Å². The Labute approximate surface area is 61.7 Å². The van der Waals surface area contributed by atoms with Crippen LogP contribution < -0.4 is 0 Å². The van der Waals surface area contributed by atoms with Crippen molar-refractivity contribution in [3.63, 3.8) is 0 Å². The van der Waals surface area contributed by atoms with Crippen LogP contribution in [0.1, 0.15) is 0 Å². The van der Waals surface area contributed by atoms with Crippen LogP contribution in [0, 0.1) is 5.95 Å². The summed E-state index contributed by atoms with van der Waals surface area (Å²) in [6.45, 7) is 0. The molecule has 0 aliphatic heterocycles. The molecule has 2 aromatic rings. The fourth-order valence-electron chi connectivity index (χ4n) is 0.807. The Bertz CT molecular complexity index is 337. The summed E-state index contributed by atoms with van der Waals surface area (Å²) in [5, 5.41) is 3.52. The smallest absolute Gasteiger partial charge is 0.233 e. The summed E-state index contributed by atoms with van der Waals surface area (Å²) >= 11 is 0. The lowest BCUT2D eigenvalue weighted by molar-refractivity contribution is 0.565. The van der Waals surface area contributed by atoms with Crippen LogP contribution in [-0.4, -0.2) is 19.7 Å². The minimum Gasteiger partial charge on any atom is -0.349 e. The van der Waals surface area contributed by atoms with Gasteiger partial charge in [0.05, 0.1) is 6.33 Å². The molecule has 4 nitrogen and oxygen atoms in total. The van der Waals surface area contributed by atoms with Gasteiger partial charge in [-0.05, 0) is 0 Å². The first-order valence-electron chi connectivity index (χ1n) is 3.06. The molecule has 0 spiro atoms. The number of aromatic amines is 1. The van der Waals surface area contributed by atoms with Gasteiger partial charge in [0.15, 0.2) is 5.82 Å². The van der Waals surface area contributed by atoms with Crippen molar-refractivity contribution in [1.29, 1.82) is 0 Å². The molecule has 0 bridgehead atoms. The number of rotatable bonds is 1. The van der Waals surface area contributed by atoms with Crippen LogP contribution in [0.5, 0.6) is 0 Å². The summed E-state index contributed by atoms with van der Waals surface area (Å²) in [6.07, 6.45) is 4.65. The van der Waals surface area contributed by atoms with Crippen LogP contribution in [0.4, 0.5) is 4.39 Å². The maximum atomic E-state index is 12.3. The Morgan fingerprint density at radius 3 is 3.00 bits per heavy atom. The zero-order valence-electron chi connectivity index (χ0n) is 5.53. The summed E-state index contributed by atoms with van der Waals surface area (Å²) < 4.78 is 13.7. The molecule has 0 aliphatic carbocycles. The van der Waals surface area contributed by atoms with Gasteiger partial charge in [-0.1, -0.05) is 0 Å². The predicted octanol–water partition coefficient (Wildman–Crippen LogP) is 0.734. The number of imidazole rings is 1. The SMILES string of the molecule is Fc1ccn(-c2c[nH]cn2)n1. The normalized spacial score (nSPS) is 10.3. The maximum absolute atomic E-state index is 12.3. The zero-order chi connectivity index (χ0) is 7.68. The molecule has 0 atom stereocenters. The summed E-state index contributed by atoms with van der Waals surface area (Å²) in [4.78, 5) is 6.62. The Morgan fingerprint density at radius 2 is 2.45 bits per heavy atom. The van der Waals surface area contributed by atoms with E-state index in [1.807, 2.05) is 0 Å². The molecule has 11 heavy (non-hydrogen) atoms. The van der Waals surface area contributed by atoms with E-state index >= 15 is 0 Å². The number of aromatic nitrogens is 4. The van der Waals surface area contributed by atoms with Gasteiger partial charge < -0.3 is 4.98 Å². The molecule has 2 heterocycles. The number of nitrogens with zero attached hydrogens (tertiary/aromatic N) is 3. The second-order valence-electron chi connectivity index (χ2n) is 2.01. The zero-order valence-corrected chi connectivity index (χ0v) is 5.53. The third kappa shape index (κ3) is 1.000. The number of hydrogen-bond donors (Lipinski definition) is 1. The standard InChI is InChI=1S/C6H5FN4/c7-5-1-2-11(10-5)6-3-8-4-9-6/h1-4H,(H,8,9). The first-order chi connectivity index (χ1) is 5.36. The lowest BCUT2D eigenvalue weighted by Gasteiger charge is -1.90. The molecule has 2 aromatic heterocycles. The van der Waals surface area contributed by atoms with Crippen LogP contribution in [0.3, 0.4) is 0 Å². The molecule has 5 heteroatoms. The van der Waals surface area contributed by atoms with Crippen molar-refractivity contribution in [2.75, 3.05) is 0 Å². The van der Waals surface area contributed by atoms with E-state index in [-0.39, 0.29) is 0 Å². The van der Waals surface area contributed by atoms with Crippen molar-refractivity contribution in [1.82, 2.24) is 19.7 Å². The fraction of sp³-hybridized carbons (Fsp3) is 0. The second-order valence-corrected chi connectivity index (χ2v) is 2.01. The fourth-order valence-corrected chi connectivity index (χ4v) is 0.807. The highest BCUT2D eigenvalue weighted by atomic mass is 19.1. The third-order valence-corrected chi connectivity index (χ3v) is 1.28. The second kappa shape index (κ2) is 2.19. The quantitative estimate of drug-likeness (QED) is 0.654. The number of nitrogens with one attached hydrogen (secondary N) is 1. The van der Waals surface area contributed by atoms with Crippen molar-refractivity contribution < 1.29 is 4.39 Å². The van der Waals surface area contributed by atoms with E-state index in [4.69, 9.17) is 0 Å². The molecule has 0 unspecified atom stereocenters. The van der Waals surface area contributed by atoms with E-state index in [9.17, 15) is 4.39 Å². The monoisotopic (exact) mass is 152 g/mol. The Morgan fingerprint density at radius 1 is 1.55 bits per heavy atom. The van der Waals surface area contributed by atoms with Crippen molar-refractivity contribution in [3.8, 4) is 5.82 Å². The highest BCUT2D eigenvalue weighted by molar-refractivity contribution is 5.15. The average molecular weight is 152 g/mol. The van der Waals surface area contributed by atoms with E-state index < -0.39 is 5.95 Å². The van der Waals surface area contributed by atoms with Crippen LogP contribution in [0.25, 0.3) is 5.82 Å². The van der Waals surface area contributed by atoms with Crippen molar-refractivity contribution in [2.45, 2.75) is 0 Å². The molecule has 1 N–H and O–H groups in total. The lowest BCUT2D eigenvalue weighted by Crippen LogP contribution is -1.94. The summed E-state index contributed by atoms with van der Waals surface area (Å²) in [7, 11) is 0. The van der Waals surface area contributed by atoms with E-state index in [1.54, 1.807) is 6.20 Å². The van der Waals surface area contributed by atoms with E-state index in [2.05, 4.69) is 15.1 Å². The van der Waals surface area contributed by atoms with Crippen molar-refractivity contribution >= 4 is 0 Å². The molecular weight excluding hydrogens is 147 g/mol. The average Bonchev–Trinajstić information content (AvgIpc) is 2.55. The summed E-state index contributed by atoms with van der Waals surface area (Å²) in [5.41, 5.74) is 0. The van der Waals surface area contributed by atoms with Crippen LogP contribution in [0.15, 0.2) is 24.8 Å². The first-order valence-corrected chi connectivity index (χ1v) is 3.06. The molecule has 0 saturated carbocycles. The highest BCUT2D eigenvalue weighted by Crippen LogP contribution is 2.00. The first kappa shape index (κ1) is 6.09. The Kier molecular flexibility index (Phi) is 1.21. The number of hydrogen-bond acceptors (Lipinski definition) is 2. The largest absolute Gasteiger partial charge is 0.349 e. The van der Waals surface area contributed by atoms with Gasteiger partial charge in [0.2, 0.25) is 5.95 Å². The number of halogens is 1. The molecule has 2 rings (SSSR count). The molecule has 0 radical (unpaired) electrons. The molecule has 0 fully saturated rings. The van der Waals surface area contributed by atoms with E-state index in [0.29, 0.717) is 5.82 Å². The number of H-pyrrole nitrogens is 1.